The Kier molecular flexibility index (Phi) is 8.57. The SMILES string of the molecule is CCCNC(=O)C(=O)N/N=C\c1cc(Cl)ccc1OCc1ccc(Cl)c(Cl)c1. The van der Waals surface area contributed by atoms with E-state index in [0.29, 0.717) is 32.9 Å². The maximum Gasteiger partial charge on any atom is 0.329 e. The van der Waals surface area contributed by atoms with Gasteiger partial charge in [0, 0.05) is 17.1 Å². The third-order valence-electron chi connectivity index (χ3n) is 3.46. The van der Waals surface area contributed by atoms with Crippen LogP contribution in [0.15, 0.2) is 41.5 Å². The van der Waals surface area contributed by atoms with Crippen molar-refractivity contribution in [3.05, 3.63) is 62.6 Å². The molecule has 0 radical (unpaired) electrons. The first kappa shape index (κ1) is 22.0. The van der Waals surface area contributed by atoms with E-state index in [4.69, 9.17) is 39.5 Å². The van der Waals surface area contributed by atoms with Crippen LogP contribution in [0.4, 0.5) is 0 Å². The number of halogens is 3. The highest BCUT2D eigenvalue weighted by Crippen LogP contribution is 2.25. The molecule has 0 atom stereocenters. The lowest BCUT2D eigenvalue weighted by molar-refractivity contribution is -0.139. The molecule has 0 fully saturated rings. The largest absolute Gasteiger partial charge is 0.488 e. The van der Waals surface area contributed by atoms with E-state index >= 15 is 0 Å². The minimum atomic E-state index is -0.856. The maximum atomic E-state index is 11.6. The van der Waals surface area contributed by atoms with Crippen molar-refractivity contribution in [1.82, 2.24) is 10.7 Å². The minimum absolute atomic E-state index is 0.241. The Morgan fingerprint density at radius 3 is 2.57 bits per heavy atom. The summed E-state index contributed by atoms with van der Waals surface area (Å²) in [5.74, 6) is -1.12. The van der Waals surface area contributed by atoms with E-state index in [-0.39, 0.29) is 6.61 Å². The Hall–Kier alpha value is -2.28. The zero-order chi connectivity index (χ0) is 20.5. The fourth-order valence-corrected chi connectivity index (χ4v) is 2.57. The van der Waals surface area contributed by atoms with Gasteiger partial charge in [-0.15, -0.1) is 0 Å². The monoisotopic (exact) mass is 441 g/mol. The van der Waals surface area contributed by atoms with Crippen LogP contribution in [0.2, 0.25) is 15.1 Å². The Balaban J connectivity index is 2.04. The normalized spacial score (nSPS) is 10.7. The molecule has 2 aromatic rings. The van der Waals surface area contributed by atoms with Crippen molar-refractivity contribution in [3.8, 4) is 5.75 Å². The van der Waals surface area contributed by atoms with Crippen LogP contribution in [0.25, 0.3) is 0 Å². The van der Waals surface area contributed by atoms with Crippen molar-refractivity contribution in [2.45, 2.75) is 20.0 Å². The van der Waals surface area contributed by atoms with Crippen molar-refractivity contribution < 1.29 is 14.3 Å². The number of carbonyl (C=O) groups is 2. The average Bonchev–Trinajstić information content (AvgIpc) is 2.67. The fourth-order valence-electron chi connectivity index (χ4n) is 2.07. The van der Waals surface area contributed by atoms with Crippen LogP contribution in [-0.2, 0) is 16.2 Å². The summed E-state index contributed by atoms with van der Waals surface area (Å²) >= 11 is 17.9. The molecule has 2 amide bonds. The lowest BCUT2D eigenvalue weighted by Gasteiger charge is -2.10. The predicted octanol–water partition coefficient (Wildman–Crippen LogP) is 4.20. The zero-order valence-electron chi connectivity index (χ0n) is 15.0. The second kappa shape index (κ2) is 10.9. The van der Waals surface area contributed by atoms with Crippen LogP contribution in [0, 0.1) is 0 Å². The molecule has 6 nitrogen and oxygen atoms in total. The number of benzene rings is 2. The summed E-state index contributed by atoms with van der Waals surface area (Å²) in [6, 6.07) is 10.2. The number of nitrogens with one attached hydrogen (secondary N) is 2. The van der Waals surface area contributed by atoms with Crippen LogP contribution in [0.1, 0.15) is 24.5 Å². The van der Waals surface area contributed by atoms with Gasteiger partial charge in [-0.1, -0.05) is 47.8 Å². The first-order valence-corrected chi connectivity index (χ1v) is 9.51. The molecule has 0 bridgehead atoms. The summed E-state index contributed by atoms with van der Waals surface area (Å²) in [6.07, 6.45) is 2.07. The van der Waals surface area contributed by atoms with E-state index in [1.807, 2.05) is 6.92 Å². The molecular weight excluding hydrogens is 425 g/mol. The van der Waals surface area contributed by atoms with Crippen LogP contribution in [0.5, 0.6) is 5.75 Å². The number of nitrogens with zero attached hydrogens (tertiary/aromatic N) is 1. The van der Waals surface area contributed by atoms with E-state index < -0.39 is 11.8 Å². The molecule has 148 valence electrons. The topological polar surface area (TPSA) is 79.8 Å². The summed E-state index contributed by atoms with van der Waals surface area (Å²) in [4.78, 5) is 23.2. The first-order chi connectivity index (χ1) is 13.4. The lowest BCUT2D eigenvalue weighted by Crippen LogP contribution is -2.38. The number of rotatable bonds is 7. The maximum absolute atomic E-state index is 11.6. The van der Waals surface area contributed by atoms with E-state index in [1.54, 1.807) is 36.4 Å². The highest BCUT2D eigenvalue weighted by molar-refractivity contribution is 6.42. The molecule has 2 rings (SSSR count). The van der Waals surface area contributed by atoms with Gasteiger partial charge in [-0.05, 0) is 42.3 Å². The molecule has 0 heterocycles. The van der Waals surface area contributed by atoms with Gasteiger partial charge in [0.25, 0.3) is 0 Å². The van der Waals surface area contributed by atoms with E-state index in [9.17, 15) is 9.59 Å². The molecule has 0 saturated carbocycles. The molecule has 2 N–H and O–H groups in total. The molecule has 0 saturated heterocycles. The third kappa shape index (κ3) is 6.71. The molecule has 0 aliphatic carbocycles. The summed E-state index contributed by atoms with van der Waals surface area (Å²) in [5.41, 5.74) is 3.52. The Labute approximate surface area is 177 Å². The molecule has 2 aromatic carbocycles. The number of hydrogen-bond donors (Lipinski definition) is 2. The molecule has 28 heavy (non-hydrogen) atoms. The standard InChI is InChI=1S/C19H18Cl3N3O3/c1-2-7-23-18(26)19(27)25-24-10-13-9-14(20)4-6-17(13)28-11-12-3-5-15(21)16(22)8-12/h3-6,8-10H,2,7,11H2,1H3,(H,23,26)(H,25,27)/b24-10-. The van der Waals surface area contributed by atoms with Gasteiger partial charge in [0.05, 0.1) is 16.3 Å². The molecule has 0 aromatic heterocycles. The van der Waals surface area contributed by atoms with Gasteiger partial charge in [0.2, 0.25) is 0 Å². The Morgan fingerprint density at radius 1 is 1.07 bits per heavy atom. The highest BCUT2D eigenvalue weighted by atomic mass is 35.5. The zero-order valence-corrected chi connectivity index (χ0v) is 17.2. The number of ether oxygens (including phenoxy) is 1. The molecule has 0 aliphatic rings. The van der Waals surface area contributed by atoms with Crippen LogP contribution < -0.4 is 15.5 Å². The van der Waals surface area contributed by atoms with Gasteiger partial charge < -0.3 is 10.1 Å². The quantitative estimate of drug-likeness (QED) is 0.383. The molecule has 0 spiro atoms. The van der Waals surface area contributed by atoms with Gasteiger partial charge in [0.1, 0.15) is 12.4 Å². The number of amides is 2. The smallest absolute Gasteiger partial charge is 0.329 e. The van der Waals surface area contributed by atoms with Crippen molar-refractivity contribution in [3.63, 3.8) is 0 Å². The van der Waals surface area contributed by atoms with Gasteiger partial charge in [0.15, 0.2) is 0 Å². The van der Waals surface area contributed by atoms with Crippen molar-refractivity contribution in [2.75, 3.05) is 6.54 Å². The second-order valence-corrected chi connectivity index (χ2v) is 6.93. The van der Waals surface area contributed by atoms with E-state index in [0.717, 1.165) is 12.0 Å². The van der Waals surface area contributed by atoms with Crippen LogP contribution >= 0.6 is 34.8 Å². The second-order valence-electron chi connectivity index (χ2n) is 5.67. The van der Waals surface area contributed by atoms with E-state index in [2.05, 4.69) is 15.8 Å². The van der Waals surface area contributed by atoms with Crippen molar-refractivity contribution in [2.24, 2.45) is 5.10 Å². The third-order valence-corrected chi connectivity index (χ3v) is 4.44. The molecular formula is C19H18Cl3N3O3. The Bertz CT molecular complexity index is 888. The van der Waals surface area contributed by atoms with Gasteiger partial charge in [-0.3, -0.25) is 9.59 Å². The number of carbonyl (C=O) groups excluding carboxylic acids is 2. The fraction of sp³-hybridized carbons (Fsp3) is 0.211. The summed E-state index contributed by atoms with van der Waals surface area (Å²) in [7, 11) is 0. The molecule has 9 heteroatoms. The van der Waals surface area contributed by atoms with Crippen molar-refractivity contribution >= 4 is 52.8 Å². The minimum Gasteiger partial charge on any atom is -0.488 e. The number of hydrazone groups is 1. The number of hydrogen-bond acceptors (Lipinski definition) is 4. The molecule has 0 unspecified atom stereocenters. The molecule has 0 aliphatic heterocycles. The summed E-state index contributed by atoms with van der Waals surface area (Å²) in [5, 5.41) is 7.61. The predicted molar refractivity (Wildman–Crippen MR) is 111 cm³/mol. The Morgan fingerprint density at radius 2 is 1.86 bits per heavy atom. The summed E-state index contributed by atoms with van der Waals surface area (Å²) in [6.45, 7) is 2.54. The van der Waals surface area contributed by atoms with Gasteiger partial charge in [-0.25, -0.2) is 5.43 Å². The average molecular weight is 443 g/mol. The van der Waals surface area contributed by atoms with Crippen LogP contribution in [0.3, 0.4) is 0 Å². The van der Waals surface area contributed by atoms with Crippen molar-refractivity contribution in [1.29, 1.82) is 0 Å². The lowest BCUT2D eigenvalue weighted by atomic mass is 10.2. The van der Waals surface area contributed by atoms with E-state index in [1.165, 1.54) is 6.21 Å². The van der Waals surface area contributed by atoms with Gasteiger partial charge >= 0.3 is 11.8 Å². The van der Waals surface area contributed by atoms with Crippen LogP contribution in [-0.4, -0.2) is 24.6 Å². The summed E-state index contributed by atoms with van der Waals surface area (Å²) < 4.78 is 5.79. The van der Waals surface area contributed by atoms with Gasteiger partial charge in [-0.2, -0.15) is 5.10 Å². The highest BCUT2D eigenvalue weighted by Gasteiger charge is 2.11. The first-order valence-electron chi connectivity index (χ1n) is 8.38.